The fourth-order valence-electron chi connectivity index (χ4n) is 2.84. The second-order valence-corrected chi connectivity index (χ2v) is 8.22. The number of piperazine rings is 1. The van der Waals surface area contributed by atoms with Gasteiger partial charge in [0, 0.05) is 23.7 Å². The van der Waals surface area contributed by atoms with Gasteiger partial charge in [-0.05, 0) is 25.1 Å². The van der Waals surface area contributed by atoms with Crippen molar-refractivity contribution in [1.82, 2.24) is 14.9 Å². The molecule has 1 fully saturated rings. The lowest BCUT2D eigenvalue weighted by Gasteiger charge is -2.35. The van der Waals surface area contributed by atoms with Gasteiger partial charge in [-0.15, -0.1) is 0 Å². The number of amides is 3. The molecule has 1 saturated heterocycles. The Morgan fingerprint density at radius 2 is 1.85 bits per heavy atom. The molecule has 2 N–H and O–H groups in total. The van der Waals surface area contributed by atoms with E-state index in [9.17, 15) is 18.0 Å². The number of aryl methyl sites for hydroxylation is 1. The summed E-state index contributed by atoms with van der Waals surface area (Å²) in [5, 5.41) is 2.99. The van der Waals surface area contributed by atoms with Gasteiger partial charge in [0.15, 0.2) is 0 Å². The molecule has 7 nitrogen and oxygen atoms in total. The van der Waals surface area contributed by atoms with Gasteiger partial charge in [0.2, 0.25) is 5.91 Å². The molecule has 27 heavy (non-hydrogen) atoms. The predicted octanol–water partition coefficient (Wildman–Crippen LogP) is 2.22. The van der Waals surface area contributed by atoms with Crippen LogP contribution in [0.2, 0.25) is 5.02 Å². The summed E-state index contributed by atoms with van der Waals surface area (Å²) >= 11 is 6.18. The van der Waals surface area contributed by atoms with Crippen molar-refractivity contribution >= 4 is 33.6 Å². The molecule has 0 aromatic heterocycles. The van der Waals surface area contributed by atoms with E-state index in [0.29, 0.717) is 10.6 Å². The fraction of sp³-hybridized carbons (Fsp3) is 0.222. The van der Waals surface area contributed by atoms with Gasteiger partial charge in [-0.1, -0.05) is 47.5 Å². The third-order valence-corrected chi connectivity index (χ3v) is 5.91. The van der Waals surface area contributed by atoms with Crippen molar-refractivity contribution < 1.29 is 18.0 Å². The highest BCUT2D eigenvalue weighted by Gasteiger charge is 2.37. The van der Waals surface area contributed by atoms with E-state index < -0.39 is 28.0 Å². The van der Waals surface area contributed by atoms with E-state index in [1.54, 1.807) is 36.4 Å². The van der Waals surface area contributed by atoms with E-state index >= 15 is 0 Å². The van der Waals surface area contributed by atoms with Gasteiger partial charge in [-0.2, -0.15) is 0 Å². The van der Waals surface area contributed by atoms with Gasteiger partial charge in [-0.25, -0.2) is 17.9 Å². The van der Waals surface area contributed by atoms with Crippen LogP contribution in [0.25, 0.3) is 0 Å². The van der Waals surface area contributed by atoms with Gasteiger partial charge < -0.3 is 10.2 Å². The average Bonchev–Trinajstić information content (AvgIpc) is 2.62. The van der Waals surface area contributed by atoms with E-state index in [0.717, 1.165) is 5.56 Å². The molecule has 1 heterocycles. The molecule has 1 aliphatic rings. The van der Waals surface area contributed by atoms with Crippen LogP contribution in [-0.4, -0.2) is 38.3 Å². The minimum Gasteiger partial charge on any atom is -0.352 e. The number of nitrogens with zero attached hydrogens (tertiary/aromatic N) is 1. The number of carbonyl (C=O) groups is 2. The van der Waals surface area contributed by atoms with E-state index in [4.69, 9.17) is 11.6 Å². The molecule has 0 saturated carbocycles. The predicted molar refractivity (Wildman–Crippen MR) is 101 cm³/mol. The SMILES string of the molecule is Cc1ccc(S(=O)(=O)NC(=O)N2CCNC(=O)C2c2ccccc2Cl)cc1. The first kappa shape index (κ1) is 19.2. The first-order valence-electron chi connectivity index (χ1n) is 8.22. The zero-order valence-corrected chi connectivity index (χ0v) is 16.0. The maximum absolute atomic E-state index is 12.7. The van der Waals surface area contributed by atoms with Crippen molar-refractivity contribution in [1.29, 1.82) is 0 Å². The Morgan fingerprint density at radius 3 is 2.52 bits per heavy atom. The lowest BCUT2D eigenvalue weighted by molar-refractivity contribution is -0.127. The summed E-state index contributed by atoms with van der Waals surface area (Å²) in [6.07, 6.45) is 0. The fourth-order valence-corrected chi connectivity index (χ4v) is 4.04. The van der Waals surface area contributed by atoms with Crippen LogP contribution >= 0.6 is 11.6 Å². The van der Waals surface area contributed by atoms with Gasteiger partial charge >= 0.3 is 6.03 Å². The molecule has 1 aliphatic heterocycles. The Labute approximate surface area is 162 Å². The Kier molecular flexibility index (Phi) is 5.38. The molecule has 9 heteroatoms. The number of hydrogen-bond donors (Lipinski definition) is 2. The Hall–Kier alpha value is -2.58. The molecule has 142 valence electrons. The molecular weight excluding hydrogens is 390 g/mol. The lowest BCUT2D eigenvalue weighted by atomic mass is 10.0. The molecule has 1 unspecified atom stereocenters. The third kappa shape index (κ3) is 4.06. The number of sulfonamides is 1. The average molecular weight is 408 g/mol. The van der Waals surface area contributed by atoms with Crippen LogP contribution < -0.4 is 10.0 Å². The molecular formula is C18H18ClN3O4S. The van der Waals surface area contributed by atoms with Crippen molar-refractivity contribution in [2.45, 2.75) is 17.9 Å². The minimum atomic E-state index is -4.06. The zero-order chi connectivity index (χ0) is 19.6. The molecule has 2 aromatic carbocycles. The van der Waals surface area contributed by atoms with Crippen LogP contribution in [0.3, 0.4) is 0 Å². The van der Waals surface area contributed by atoms with Gasteiger partial charge in [0.25, 0.3) is 10.0 Å². The maximum atomic E-state index is 12.7. The molecule has 2 aromatic rings. The second-order valence-electron chi connectivity index (χ2n) is 6.13. The standard InChI is InChI=1S/C18H18ClN3O4S/c1-12-6-8-13(9-7-12)27(25,26)21-18(24)22-11-10-20-17(23)16(22)14-4-2-3-5-15(14)19/h2-9,16H,10-11H2,1H3,(H,20,23)(H,21,24). The summed E-state index contributed by atoms with van der Waals surface area (Å²) in [5.41, 5.74) is 1.33. The summed E-state index contributed by atoms with van der Waals surface area (Å²) in [6.45, 7) is 2.20. The molecule has 0 spiro atoms. The number of hydrogen-bond acceptors (Lipinski definition) is 4. The van der Waals surface area contributed by atoms with E-state index in [2.05, 4.69) is 5.32 Å². The number of carbonyl (C=O) groups excluding carboxylic acids is 2. The summed E-state index contributed by atoms with van der Waals surface area (Å²) < 4.78 is 27.0. The van der Waals surface area contributed by atoms with Crippen molar-refractivity contribution in [3.8, 4) is 0 Å². The highest BCUT2D eigenvalue weighted by atomic mass is 35.5. The van der Waals surface area contributed by atoms with Gasteiger partial charge in [0.05, 0.1) is 4.90 Å². The Balaban J connectivity index is 1.88. The Bertz CT molecular complexity index is 976. The quantitative estimate of drug-likeness (QED) is 0.815. The highest BCUT2D eigenvalue weighted by molar-refractivity contribution is 7.90. The van der Waals surface area contributed by atoms with E-state index in [-0.39, 0.29) is 18.0 Å². The molecule has 0 aliphatic carbocycles. The van der Waals surface area contributed by atoms with Crippen LogP contribution in [0.15, 0.2) is 53.4 Å². The van der Waals surface area contributed by atoms with Crippen LogP contribution in [0, 0.1) is 6.92 Å². The van der Waals surface area contributed by atoms with Crippen LogP contribution in [0.4, 0.5) is 4.79 Å². The number of halogens is 1. The van der Waals surface area contributed by atoms with Crippen LogP contribution in [0.1, 0.15) is 17.2 Å². The second kappa shape index (κ2) is 7.58. The molecule has 1 atom stereocenters. The topological polar surface area (TPSA) is 95.6 Å². The summed E-state index contributed by atoms with van der Waals surface area (Å²) in [4.78, 5) is 26.2. The first-order valence-corrected chi connectivity index (χ1v) is 10.1. The first-order chi connectivity index (χ1) is 12.8. The van der Waals surface area contributed by atoms with E-state index in [1.165, 1.54) is 17.0 Å². The molecule has 0 radical (unpaired) electrons. The number of rotatable bonds is 3. The Morgan fingerprint density at radius 1 is 1.19 bits per heavy atom. The van der Waals surface area contributed by atoms with Gasteiger partial charge in [0.1, 0.15) is 6.04 Å². The maximum Gasteiger partial charge on any atom is 0.332 e. The summed E-state index contributed by atoms with van der Waals surface area (Å²) in [7, 11) is -4.06. The number of benzene rings is 2. The largest absolute Gasteiger partial charge is 0.352 e. The van der Waals surface area contributed by atoms with E-state index in [1.807, 2.05) is 11.6 Å². The number of nitrogens with one attached hydrogen (secondary N) is 2. The van der Waals surface area contributed by atoms with Crippen molar-refractivity contribution in [2.24, 2.45) is 0 Å². The van der Waals surface area contributed by atoms with Gasteiger partial charge in [-0.3, -0.25) is 4.79 Å². The third-order valence-electron chi connectivity index (χ3n) is 4.23. The normalized spacial score (nSPS) is 17.3. The molecule has 3 rings (SSSR count). The van der Waals surface area contributed by atoms with Crippen molar-refractivity contribution in [3.05, 3.63) is 64.7 Å². The lowest BCUT2D eigenvalue weighted by Crippen LogP contribution is -2.55. The zero-order valence-electron chi connectivity index (χ0n) is 14.5. The molecule has 0 bridgehead atoms. The molecule has 3 amide bonds. The number of urea groups is 1. The van der Waals surface area contributed by atoms with Crippen LogP contribution in [0.5, 0.6) is 0 Å². The van der Waals surface area contributed by atoms with Crippen molar-refractivity contribution in [2.75, 3.05) is 13.1 Å². The summed E-state index contributed by atoms with van der Waals surface area (Å²) in [5.74, 6) is -0.419. The van der Waals surface area contributed by atoms with Crippen molar-refractivity contribution in [3.63, 3.8) is 0 Å². The summed E-state index contributed by atoms with van der Waals surface area (Å²) in [6, 6.07) is 10.9. The minimum absolute atomic E-state index is 0.0304. The van der Waals surface area contributed by atoms with Crippen LogP contribution in [-0.2, 0) is 14.8 Å². The smallest absolute Gasteiger partial charge is 0.332 e. The monoisotopic (exact) mass is 407 g/mol. The highest BCUT2D eigenvalue weighted by Crippen LogP contribution is 2.29.